The molecule has 1 aliphatic heterocycles. The van der Waals surface area contributed by atoms with Crippen LogP contribution in [0.15, 0.2) is 36.5 Å². The van der Waals surface area contributed by atoms with E-state index in [9.17, 15) is 4.79 Å². The van der Waals surface area contributed by atoms with Crippen LogP contribution in [0.25, 0.3) is 0 Å². The minimum Gasteiger partial charge on any atom is -0.350 e. The van der Waals surface area contributed by atoms with Crippen LogP contribution in [-0.2, 0) is 6.54 Å². The molecule has 2 aromatic rings. The van der Waals surface area contributed by atoms with Crippen molar-refractivity contribution in [3.63, 3.8) is 0 Å². The number of benzene rings is 1. The molecule has 1 amide bonds. The number of carbonyl (C=O) groups is 1. The summed E-state index contributed by atoms with van der Waals surface area (Å²) in [6.07, 6.45) is 6.22. The Morgan fingerprint density at radius 3 is 2.62 bits per heavy atom. The minimum atomic E-state index is 0.0123. The number of aromatic nitrogens is 2. The number of likely N-dealkylation sites (tertiary alicyclic amines) is 1. The van der Waals surface area contributed by atoms with E-state index >= 15 is 0 Å². The van der Waals surface area contributed by atoms with Crippen molar-refractivity contribution in [1.82, 2.24) is 14.9 Å². The molecule has 0 radical (unpaired) electrons. The molecule has 2 heterocycles. The summed E-state index contributed by atoms with van der Waals surface area (Å²) in [4.78, 5) is 23.2. The molecule has 1 fully saturated rings. The Kier molecular flexibility index (Phi) is 5.41. The third-order valence-electron chi connectivity index (χ3n) is 4.47. The quantitative estimate of drug-likeness (QED) is 0.936. The van der Waals surface area contributed by atoms with Crippen LogP contribution in [0.2, 0.25) is 0 Å². The topological polar surface area (TPSA) is 58.1 Å². The summed E-state index contributed by atoms with van der Waals surface area (Å²) in [6.45, 7) is 4.38. The third-order valence-corrected chi connectivity index (χ3v) is 4.47. The van der Waals surface area contributed by atoms with Crippen molar-refractivity contribution in [3.8, 4) is 0 Å². The molecular formula is C19H24N4O. The standard InChI is InChI=1S/C19H24N4O/c1-15-8-4-5-9-16(15)14-21-19-20-11-10-17(22-19)18(24)23-12-6-2-3-7-13-23/h4-5,8-11H,2-3,6-7,12-14H2,1H3,(H,20,21,22). The average Bonchev–Trinajstić information content (AvgIpc) is 2.90. The molecule has 1 saturated heterocycles. The summed E-state index contributed by atoms with van der Waals surface area (Å²) >= 11 is 0. The van der Waals surface area contributed by atoms with Crippen LogP contribution in [0.5, 0.6) is 0 Å². The highest BCUT2D eigenvalue weighted by Gasteiger charge is 2.18. The van der Waals surface area contributed by atoms with Gasteiger partial charge in [-0.1, -0.05) is 37.1 Å². The molecule has 3 rings (SSSR count). The van der Waals surface area contributed by atoms with E-state index < -0.39 is 0 Å². The summed E-state index contributed by atoms with van der Waals surface area (Å²) in [5.41, 5.74) is 2.89. The molecule has 5 heteroatoms. The first-order valence-electron chi connectivity index (χ1n) is 8.65. The van der Waals surface area contributed by atoms with E-state index in [0.29, 0.717) is 18.2 Å². The van der Waals surface area contributed by atoms with Crippen molar-refractivity contribution in [1.29, 1.82) is 0 Å². The number of nitrogens with zero attached hydrogens (tertiary/aromatic N) is 3. The van der Waals surface area contributed by atoms with E-state index in [1.54, 1.807) is 12.3 Å². The van der Waals surface area contributed by atoms with E-state index in [0.717, 1.165) is 25.9 Å². The van der Waals surface area contributed by atoms with Gasteiger partial charge >= 0.3 is 0 Å². The number of rotatable bonds is 4. The molecule has 0 spiro atoms. The van der Waals surface area contributed by atoms with E-state index in [1.165, 1.54) is 24.0 Å². The summed E-state index contributed by atoms with van der Waals surface area (Å²) in [5.74, 6) is 0.511. The lowest BCUT2D eigenvalue weighted by Crippen LogP contribution is -2.32. The molecule has 0 saturated carbocycles. The monoisotopic (exact) mass is 324 g/mol. The lowest BCUT2D eigenvalue weighted by molar-refractivity contribution is 0.0755. The largest absolute Gasteiger partial charge is 0.350 e. The number of hydrogen-bond acceptors (Lipinski definition) is 4. The Labute approximate surface area is 143 Å². The van der Waals surface area contributed by atoms with Gasteiger partial charge in [0.15, 0.2) is 0 Å². The Bertz CT molecular complexity index is 693. The van der Waals surface area contributed by atoms with E-state index in [1.807, 2.05) is 17.0 Å². The second-order valence-corrected chi connectivity index (χ2v) is 6.25. The first kappa shape index (κ1) is 16.4. The summed E-state index contributed by atoms with van der Waals surface area (Å²) in [6, 6.07) is 9.90. The van der Waals surface area contributed by atoms with E-state index in [-0.39, 0.29) is 5.91 Å². The Morgan fingerprint density at radius 2 is 1.88 bits per heavy atom. The molecule has 1 aromatic heterocycles. The lowest BCUT2D eigenvalue weighted by Gasteiger charge is -2.19. The molecular weight excluding hydrogens is 300 g/mol. The lowest BCUT2D eigenvalue weighted by atomic mass is 10.1. The van der Waals surface area contributed by atoms with Gasteiger partial charge in [-0.05, 0) is 37.0 Å². The average molecular weight is 324 g/mol. The number of aryl methyl sites for hydroxylation is 1. The molecule has 1 N–H and O–H groups in total. The molecule has 5 nitrogen and oxygen atoms in total. The first-order chi connectivity index (χ1) is 11.7. The number of anilines is 1. The molecule has 1 aromatic carbocycles. The molecule has 1 aliphatic rings. The fourth-order valence-electron chi connectivity index (χ4n) is 2.98. The Hall–Kier alpha value is -2.43. The molecule has 0 bridgehead atoms. The normalized spacial score (nSPS) is 15.0. The van der Waals surface area contributed by atoms with Crippen LogP contribution >= 0.6 is 0 Å². The molecule has 0 aliphatic carbocycles. The fourth-order valence-corrected chi connectivity index (χ4v) is 2.98. The zero-order valence-corrected chi connectivity index (χ0v) is 14.2. The highest BCUT2D eigenvalue weighted by Crippen LogP contribution is 2.14. The van der Waals surface area contributed by atoms with Gasteiger partial charge < -0.3 is 10.2 Å². The van der Waals surface area contributed by atoms with Crippen molar-refractivity contribution in [2.24, 2.45) is 0 Å². The van der Waals surface area contributed by atoms with Gasteiger partial charge in [0.25, 0.3) is 5.91 Å². The molecule has 126 valence electrons. The summed E-state index contributed by atoms with van der Waals surface area (Å²) < 4.78 is 0. The Morgan fingerprint density at radius 1 is 1.12 bits per heavy atom. The predicted octanol–water partition coefficient (Wildman–Crippen LogP) is 3.41. The Balaban J connectivity index is 1.67. The summed E-state index contributed by atoms with van der Waals surface area (Å²) in [7, 11) is 0. The number of nitrogens with one attached hydrogen (secondary N) is 1. The first-order valence-corrected chi connectivity index (χ1v) is 8.65. The highest BCUT2D eigenvalue weighted by molar-refractivity contribution is 5.92. The van der Waals surface area contributed by atoms with E-state index in [4.69, 9.17) is 0 Å². The molecule has 0 atom stereocenters. The second-order valence-electron chi connectivity index (χ2n) is 6.25. The minimum absolute atomic E-state index is 0.0123. The van der Waals surface area contributed by atoms with Gasteiger partial charge in [-0.2, -0.15) is 0 Å². The van der Waals surface area contributed by atoms with Crippen LogP contribution < -0.4 is 5.32 Å². The highest BCUT2D eigenvalue weighted by atomic mass is 16.2. The van der Waals surface area contributed by atoms with Gasteiger partial charge in [0.2, 0.25) is 5.95 Å². The van der Waals surface area contributed by atoms with Crippen LogP contribution in [0, 0.1) is 6.92 Å². The van der Waals surface area contributed by atoms with Crippen LogP contribution in [0.1, 0.15) is 47.3 Å². The number of amides is 1. The van der Waals surface area contributed by atoms with Crippen molar-refractivity contribution in [2.75, 3.05) is 18.4 Å². The summed E-state index contributed by atoms with van der Waals surface area (Å²) in [5, 5.41) is 3.22. The number of hydrogen-bond donors (Lipinski definition) is 1. The van der Waals surface area contributed by atoms with Crippen LogP contribution in [0.3, 0.4) is 0 Å². The third kappa shape index (κ3) is 4.10. The van der Waals surface area contributed by atoms with Crippen molar-refractivity contribution >= 4 is 11.9 Å². The van der Waals surface area contributed by atoms with Crippen molar-refractivity contribution < 1.29 is 4.79 Å². The van der Waals surface area contributed by atoms with Crippen molar-refractivity contribution in [2.45, 2.75) is 39.2 Å². The van der Waals surface area contributed by atoms with Gasteiger partial charge in [-0.15, -0.1) is 0 Å². The van der Waals surface area contributed by atoms with E-state index in [2.05, 4.69) is 34.3 Å². The SMILES string of the molecule is Cc1ccccc1CNc1nccc(C(=O)N2CCCCCC2)n1. The molecule has 0 unspecified atom stereocenters. The zero-order valence-electron chi connectivity index (χ0n) is 14.2. The van der Waals surface area contributed by atoms with Gasteiger partial charge in [0.1, 0.15) is 5.69 Å². The van der Waals surface area contributed by atoms with Crippen LogP contribution in [0.4, 0.5) is 5.95 Å². The zero-order chi connectivity index (χ0) is 16.8. The fraction of sp³-hybridized carbons (Fsp3) is 0.421. The second kappa shape index (κ2) is 7.90. The van der Waals surface area contributed by atoms with Crippen LogP contribution in [-0.4, -0.2) is 33.9 Å². The number of carbonyl (C=O) groups excluding carboxylic acids is 1. The smallest absolute Gasteiger partial charge is 0.272 e. The predicted molar refractivity (Wildman–Crippen MR) is 94.9 cm³/mol. The van der Waals surface area contributed by atoms with Crippen molar-refractivity contribution in [3.05, 3.63) is 53.3 Å². The van der Waals surface area contributed by atoms with Gasteiger partial charge in [-0.3, -0.25) is 4.79 Å². The van der Waals surface area contributed by atoms with Gasteiger partial charge in [0, 0.05) is 25.8 Å². The van der Waals surface area contributed by atoms with Gasteiger partial charge in [0.05, 0.1) is 0 Å². The van der Waals surface area contributed by atoms with Gasteiger partial charge in [-0.25, -0.2) is 9.97 Å². The maximum absolute atomic E-state index is 12.6. The molecule has 24 heavy (non-hydrogen) atoms. The maximum atomic E-state index is 12.6. The maximum Gasteiger partial charge on any atom is 0.272 e.